The maximum Gasteiger partial charge on any atom is 0.407 e. The standard InChI is InChI=1S/C21H33NO3/c1-3-4-5-6-7-8-9-16-24-19-12-10-18(11-13-19)14-15-21(2)17-25-20(23)22-21/h10-13H,3-9,14-17H2,1-2H3,(H,22,23). The zero-order chi connectivity index (χ0) is 18.0. The molecule has 0 aliphatic carbocycles. The number of aryl methyl sites for hydroxylation is 1. The lowest BCUT2D eigenvalue weighted by Gasteiger charge is -2.20. The van der Waals surface area contributed by atoms with Gasteiger partial charge in [-0.2, -0.15) is 0 Å². The van der Waals surface area contributed by atoms with Gasteiger partial charge >= 0.3 is 6.09 Å². The molecule has 25 heavy (non-hydrogen) atoms. The van der Waals surface area contributed by atoms with Crippen molar-refractivity contribution in [3.63, 3.8) is 0 Å². The smallest absolute Gasteiger partial charge is 0.407 e. The average molecular weight is 347 g/mol. The Morgan fingerprint density at radius 3 is 2.40 bits per heavy atom. The lowest BCUT2D eigenvalue weighted by Crippen LogP contribution is -2.40. The summed E-state index contributed by atoms with van der Waals surface area (Å²) in [4.78, 5) is 11.2. The van der Waals surface area contributed by atoms with Crippen molar-refractivity contribution in [3.8, 4) is 5.75 Å². The van der Waals surface area contributed by atoms with Crippen LogP contribution in [0.25, 0.3) is 0 Å². The Balaban J connectivity index is 1.59. The second kappa shape index (κ2) is 10.3. The van der Waals surface area contributed by atoms with Crippen LogP contribution >= 0.6 is 0 Å². The van der Waals surface area contributed by atoms with Crippen LogP contribution in [-0.2, 0) is 11.2 Å². The summed E-state index contributed by atoms with van der Waals surface area (Å²) < 4.78 is 10.8. The zero-order valence-electron chi connectivity index (χ0n) is 15.8. The van der Waals surface area contributed by atoms with E-state index in [0.717, 1.165) is 31.6 Å². The van der Waals surface area contributed by atoms with Crippen molar-refractivity contribution in [2.24, 2.45) is 0 Å². The lowest BCUT2D eigenvalue weighted by molar-refractivity contribution is 0.172. The molecule has 0 spiro atoms. The molecule has 1 aliphatic rings. The molecule has 1 amide bonds. The van der Waals surface area contributed by atoms with Crippen molar-refractivity contribution in [3.05, 3.63) is 29.8 Å². The summed E-state index contributed by atoms with van der Waals surface area (Å²) in [6.07, 6.45) is 10.6. The highest BCUT2D eigenvalue weighted by Crippen LogP contribution is 2.21. The number of carbonyl (C=O) groups is 1. The Kier molecular flexibility index (Phi) is 8.10. The molecule has 1 atom stereocenters. The molecule has 1 unspecified atom stereocenters. The van der Waals surface area contributed by atoms with Gasteiger partial charge in [0, 0.05) is 0 Å². The van der Waals surface area contributed by atoms with Crippen molar-refractivity contribution in [1.82, 2.24) is 5.32 Å². The summed E-state index contributed by atoms with van der Waals surface area (Å²) in [7, 11) is 0. The van der Waals surface area contributed by atoms with Gasteiger partial charge in [-0.25, -0.2) is 4.79 Å². The van der Waals surface area contributed by atoms with Crippen LogP contribution in [0.15, 0.2) is 24.3 Å². The molecular formula is C21H33NO3. The molecule has 1 saturated heterocycles. The third kappa shape index (κ3) is 7.37. The van der Waals surface area contributed by atoms with Gasteiger partial charge in [-0.05, 0) is 43.9 Å². The molecule has 140 valence electrons. The van der Waals surface area contributed by atoms with Gasteiger partial charge in [0.15, 0.2) is 0 Å². The van der Waals surface area contributed by atoms with Crippen LogP contribution in [0.3, 0.4) is 0 Å². The summed E-state index contributed by atoms with van der Waals surface area (Å²) in [6.45, 7) is 5.53. The van der Waals surface area contributed by atoms with E-state index in [0.29, 0.717) is 6.61 Å². The largest absolute Gasteiger partial charge is 0.494 e. The van der Waals surface area contributed by atoms with Crippen molar-refractivity contribution in [2.45, 2.75) is 77.2 Å². The molecule has 2 rings (SSSR count). The number of rotatable bonds is 12. The topological polar surface area (TPSA) is 47.6 Å². The fraction of sp³-hybridized carbons (Fsp3) is 0.667. The number of ether oxygens (including phenoxy) is 2. The van der Waals surface area contributed by atoms with Gasteiger partial charge in [0.2, 0.25) is 0 Å². The summed E-state index contributed by atoms with van der Waals surface area (Å²) in [6, 6.07) is 8.31. The zero-order valence-corrected chi connectivity index (χ0v) is 15.8. The molecule has 1 aromatic carbocycles. The van der Waals surface area contributed by atoms with E-state index < -0.39 is 0 Å². The van der Waals surface area contributed by atoms with Crippen LogP contribution in [0.2, 0.25) is 0 Å². The van der Waals surface area contributed by atoms with Crippen LogP contribution in [0.4, 0.5) is 4.79 Å². The third-order valence-electron chi connectivity index (χ3n) is 4.83. The molecule has 4 heteroatoms. The molecule has 0 bridgehead atoms. The Hall–Kier alpha value is -1.71. The van der Waals surface area contributed by atoms with E-state index in [1.54, 1.807) is 0 Å². The quantitative estimate of drug-likeness (QED) is 0.526. The van der Waals surface area contributed by atoms with E-state index in [1.165, 1.54) is 44.1 Å². The number of amides is 1. The fourth-order valence-corrected chi connectivity index (χ4v) is 3.10. The Morgan fingerprint density at radius 1 is 1.08 bits per heavy atom. The number of unbranched alkanes of at least 4 members (excludes halogenated alkanes) is 6. The molecule has 4 nitrogen and oxygen atoms in total. The van der Waals surface area contributed by atoms with Crippen molar-refractivity contribution >= 4 is 6.09 Å². The van der Waals surface area contributed by atoms with Gasteiger partial charge in [-0.15, -0.1) is 0 Å². The van der Waals surface area contributed by atoms with Crippen LogP contribution < -0.4 is 10.1 Å². The van der Waals surface area contributed by atoms with Crippen LogP contribution in [-0.4, -0.2) is 24.8 Å². The second-order valence-electron chi connectivity index (χ2n) is 7.38. The number of alkyl carbamates (subject to hydrolysis) is 1. The van der Waals surface area contributed by atoms with Gasteiger partial charge in [-0.3, -0.25) is 0 Å². The van der Waals surface area contributed by atoms with E-state index in [-0.39, 0.29) is 11.6 Å². The maximum absolute atomic E-state index is 11.2. The molecule has 0 radical (unpaired) electrons. The highest BCUT2D eigenvalue weighted by Gasteiger charge is 2.34. The number of carbonyl (C=O) groups excluding carboxylic acids is 1. The molecule has 1 aromatic rings. The van der Waals surface area contributed by atoms with Crippen molar-refractivity contribution in [1.29, 1.82) is 0 Å². The third-order valence-corrected chi connectivity index (χ3v) is 4.83. The number of nitrogens with one attached hydrogen (secondary N) is 1. The van der Waals surface area contributed by atoms with Gasteiger partial charge in [0.25, 0.3) is 0 Å². The van der Waals surface area contributed by atoms with Crippen molar-refractivity contribution < 1.29 is 14.3 Å². The first-order valence-corrected chi connectivity index (χ1v) is 9.78. The van der Waals surface area contributed by atoms with E-state index in [1.807, 2.05) is 19.1 Å². The predicted octanol–water partition coefficient (Wildman–Crippen LogP) is 5.25. The first-order valence-electron chi connectivity index (χ1n) is 9.78. The van der Waals surface area contributed by atoms with Crippen LogP contribution in [0.1, 0.15) is 70.8 Å². The number of cyclic esters (lactones) is 1. The van der Waals surface area contributed by atoms with Gasteiger partial charge in [0.05, 0.1) is 12.1 Å². The van der Waals surface area contributed by atoms with E-state index in [9.17, 15) is 4.79 Å². The van der Waals surface area contributed by atoms with Gasteiger partial charge in [0.1, 0.15) is 12.4 Å². The first-order chi connectivity index (χ1) is 12.1. The normalized spacial score (nSPS) is 19.5. The Labute approximate surface area is 152 Å². The van der Waals surface area contributed by atoms with Gasteiger partial charge in [-0.1, -0.05) is 57.6 Å². The number of hydrogen-bond acceptors (Lipinski definition) is 3. The molecule has 1 N–H and O–H groups in total. The fourth-order valence-electron chi connectivity index (χ4n) is 3.10. The van der Waals surface area contributed by atoms with E-state index in [2.05, 4.69) is 24.4 Å². The van der Waals surface area contributed by atoms with E-state index >= 15 is 0 Å². The second-order valence-corrected chi connectivity index (χ2v) is 7.38. The van der Waals surface area contributed by atoms with E-state index in [4.69, 9.17) is 9.47 Å². The Morgan fingerprint density at radius 2 is 1.76 bits per heavy atom. The minimum Gasteiger partial charge on any atom is -0.494 e. The maximum atomic E-state index is 11.2. The first kappa shape index (κ1) is 19.6. The summed E-state index contributed by atoms with van der Waals surface area (Å²) in [5, 5.41) is 2.88. The molecule has 1 fully saturated rings. The lowest BCUT2D eigenvalue weighted by atomic mass is 9.95. The monoisotopic (exact) mass is 347 g/mol. The molecular weight excluding hydrogens is 314 g/mol. The molecule has 1 heterocycles. The summed E-state index contributed by atoms with van der Waals surface area (Å²) >= 11 is 0. The van der Waals surface area contributed by atoms with Crippen molar-refractivity contribution in [2.75, 3.05) is 13.2 Å². The molecule has 1 aliphatic heterocycles. The van der Waals surface area contributed by atoms with Gasteiger partial charge < -0.3 is 14.8 Å². The molecule has 0 aromatic heterocycles. The minimum absolute atomic E-state index is 0.247. The number of benzene rings is 1. The molecule has 0 saturated carbocycles. The highest BCUT2D eigenvalue weighted by atomic mass is 16.6. The van der Waals surface area contributed by atoms with Crippen LogP contribution in [0.5, 0.6) is 5.75 Å². The Bertz CT molecular complexity index is 514. The minimum atomic E-state index is -0.309. The highest BCUT2D eigenvalue weighted by molar-refractivity contribution is 5.70. The summed E-state index contributed by atoms with van der Waals surface area (Å²) in [5.41, 5.74) is 1.01. The number of hydrogen-bond donors (Lipinski definition) is 1. The summed E-state index contributed by atoms with van der Waals surface area (Å²) in [5.74, 6) is 0.943. The SMILES string of the molecule is CCCCCCCCCOc1ccc(CCC2(C)COC(=O)N2)cc1. The van der Waals surface area contributed by atoms with Crippen LogP contribution in [0, 0.1) is 0 Å². The predicted molar refractivity (Wildman–Crippen MR) is 101 cm³/mol. The average Bonchev–Trinajstić information content (AvgIpc) is 2.96.